The van der Waals surface area contributed by atoms with Gasteiger partial charge in [-0.3, -0.25) is 9.88 Å². The van der Waals surface area contributed by atoms with E-state index in [2.05, 4.69) is 185 Å². The Morgan fingerprint density at radius 2 is 1.31 bits per heavy atom. The molecule has 9 aromatic rings. The number of nitrogens with one attached hydrogen (secondary N) is 2. The van der Waals surface area contributed by atoms with Gasteiger partial charge in [0.05, 0.1) is 11.0 Å². The van der Waals surface area contributed by atoms with Crippen molar-refractivity contribution in [3.8, 4) is 0 Å². The Morgan fingerprint density at radius 3 is 2.11 bits per heavy atom. The first-order valence-corrected chi connectivity index (χ1v) is 19.8. The molecule has 6 heteroatoms. The molecule has 0 saturated heterocycles. The molecule has 5 nitrogen and oxygen atoms in total. The predicted octanol–water partition coefficient (Wildman–Crippen LogP) is 11.9. The Hall–Kier alpha value is -6.47. The molecule has 1 aliphatic heterocycles. The van der Waals surface area contributed by atoms with Crippen LogP contribution in [-0.2, 0) is 0 Å². The minimum Gasteiger partial charge on any atom is -0.455 e. The Bertz CT molecular complexity index is 3140. The van der Waals surface area contributed by atoms with Crippen molar-refractivity contribution < 1.29 is 4.42 Å². The number of thiophene rings is 1. The van der Waals surface area contributed by atoms with Gasteiger partial charge in [0.2, 0.25) is 5.96 Å². The Morgan fingerprint density at radius 1 is 0.636 bits per heavy atom. The van der Waals surface area contributed by atoms with E-state index in [1.807, 2.05) is 11.3 Å². The number of fused-ring (bicyclic) bond motifs is 11. The monoisotopic (exact) mass is 726 g/mol. The van der Waals surface area contributed by atoms with E-state index >= 15 is 0 Å². The third-order valence-electron chi connectivity index (χ3n) is 11.7. The summed E-state index contributed by atoms with van der Waals surface area (Å²) in [4.78, 5) is 5.39. The highest BCUT2D eigenvalue weighted by atomic mass is 32.1. The Balaban J connectivity index is 1.05. The fourth-order valence-corrected chi connectivity index (χ4v) is 10.5. The fraction of sp³-hybridized carbons (Fsp3) is 0.0816. The topological polar surface area (TPSA) is 54.5 Å². The lowest BCUT2D eigenvalue weighted by Gasteiger charge is -2.39. The number of furan rings is 1. The van der Waals surface area contributed by atoms with E-state index in [0.717, 1.165) is 44.5 Å². The maximum atomic E-state index is 6.64. The molecule has 0 bridgehead atoms. The van der Waals surface area contributed by atoms with Crippen molar-refractivity contribution in [3.63, 3.8) is 0 Å². The van der Waals surface area contributed by atoms with Crippen molar-refractivity contribution >= 4 is 86.8 Å². The van der Waals surface area contributed by atoms with Gasteiger partial charge in [0, 0.05) is 53.6 Å². The van der Waals surface area contributed by atoms with E-state index in [-0.39, 0.29) is 24.2 Å². The lowest BCUT2D eigenvalue weighted by molar-refractivity contribution is 0.402. The molecule has 0 radical (unpaired) electrons. The number of benzene rings is 6. The van der Waals surface area contributed by atoms with Crippen LogP contribution in [0, 0.1) is 11.8 Å². The van der Waals surface area contributed by atoms with Crippen molar-refractivity contribution in [2.75, 3.05) is 0 Å². The van der Waals surface area contributed by atoms with Gasteiger partial charge in [-0.05, 0) is 52.6 Å². The van der Waals surface area contributed by atoms with Gasteiger partial charge >= 0.3 is 0 Å². The highest BCUT2D eigenvalue weighted by Gasteiger charge is 2.37. The quantitative estimate of drug-likeness (QED) is 0.191. The van der Waals surface area contributed by atoms with Crippen LogP contribution in [0.3, 0.4) is 0 Å². The Kier molecular flexibility index (Phi) is 6.76. The summed E-state index contributed by atoms with van der Waals surface area (Å²) in [5.41, 5.74) is 9.18. The van der Waals surface area contributed by atoms with E-state index in [9.17, 15) is 0 Å². The predicted molar refractivity (Wildman–Crippen MR) is 229 cm³/mol. The molecule has 55 heavy (non-hydrogen) atoms. The van der Waals surface area contributed by atoms with Crippen LogP contribution in [0.1, 0.15) is 17.3 Å². The Labute approximate surface area is 320 Å². The molecule has 0 saturated carbocycles. The normalized spacial score (nSPS) is 21.0. The maximum Gasteiger partial charge on any atom is 0.206 e. The molecule has 2 aliphatic carbocycles. The summed E-state index contributed by atoms with van der Waals surface area (Å²) in [6, 6.07) is 47.4. The number of aromatic nitrogens is 1. The number of hydrogen-bond donors (Lipinski definition) is 2. The van der Waals surface area contributed by atoms with Gasteiger partial charge in [-0.1, -0.05) is 140 Å². The largest absolute Gasteiger partial charge is 0.455 e. The van der Waals surface area contributed by atoms with Crippen molar-refractivity contribution in [2.45, 2.75) is 12.3 Å². The first-order chi connectivity index (χ1) is 27.3. The van der Waals surface area contributed by atoms with E-state index < -0.39 is 0 Å². The van der Waals surface area contributed by atoms with Gasteiger partial charge in [0.15, 0.2) is 0 Å². The van der Waals surface area contributed by atoms with E-state index in [0.29, 0.717) is 0 Å². The number of rotatable bonds is 3. The summed E-state index contributed by atoms with van der Waals surface area (Å²) in [5, 5.41) is 15.1. The van der Waals surface area contributed by atoms with Gasteiger partial charge < -0.3 is 9.73 Å². The van der Waals surface area contributed by atoms with Crippen LogP contribution in [0.15, 0.2) is 185 Å². The lowest BCUT2D eigenvalue weighted by Crippen LogP contribution is -2.55. The average Bonchev–Trinajstić information content (AvgIpc) is 3.93. The average molecular weight is 727 g/mol. The summed E-state index contributed by atoms with van der Waals surface area (Å²) in [7, 11) is 0. The van der Waals surface area contributed by atoms with E-state index in [1.165, 1.54) is 47.7 Å². The van der Waals surface area contributed by atoms with Crippen molar-refractivity contribution in [1.29, 1.82) is 0 Å². The van der Waals surface area contributed by atoms with Crippen molar-refractivity contribution in [3.05, 3.63) is 187 Å². The summed E-state index contributed by atoms with van der Waals surface area (Å²) in [6.45, 7) is 0. The van der Waals surface area contributed by atoms with Crippen LogP contribution in [0.2, 0.25) is 0 Å². The molecule has 12 rings (SSSR count). The minimum absolute atomic E-state index is 0.130. The van der Waals surface area contributed by atoms with Gasteiger partial charge in [0.25, 0.3) is 0 Å². The second-order valence-corrected chi connectivity index (χ2v) is 15.7. The molecule has 6 aromatic carbocycles. The highest BCUT2D eigenvalue weighted by molar-refractivity contribution is 7.26. The SMILES string of the molecule is C1=CC2C(c3cc4c5ccccc5oc4c4c3sc3ccccc34)=CC=C(C3NC(n4c5ccccc5c5ccccc54)=NC(c4ccccc4)N3)C2C=C1. The molecular weight excluding hydrogens is 693 g/mol. The zero-order chi connectivity index (χ0) is 36.0. The van der Waals surface area contributed by atoms with Gasteiger partial charge in [-0.2, -0.15) is 0 Å². The van der Waals surface area contributed by atoms with E-state index in [1.54, 1.807) is 0 Å². The van der Waals surface area contributed by atoms with Gasteiger partial charge in [0.1, 0.15) is 23.5 Å². The summed E-state index contributed by atoms with van der Waals surface area (Å²) >= 11 is 1.87. The zero-order valence-electron chi connectivity index (χ0n) is 29.7. The smallest absolute Gasteiger partial charge is 0.206 e. The van der Waals surface area contributed by atoms with Crippen molar-refractivity contribution in [1.82, 2.24) is 15.2 Å². The molecule has 4 heterocycles. The van der Waals surface area contributed by atoms with Crippen LogP contribution < -0.4 is 10.6 Å². The molecule has 0 spiro atoms. The zero-order valence-corrected chi connectivity index (χ0v) is 30.5. The molecule has 262 valence electrons. The molecular formula is C49H34N4OS. The van der Waals surface area contributed by atoms with Crippen LogP contribution in [-0.4, -0.2) is 16.7 Å². The van der Waals surface area contributed by atoms with Crippen LogP contribution >= 0.6 is 11.3 Å². The first kappa shape index (κ1) is 30.9. The summed E-state index contributed by atoms with van der Waals surface area (Å²) < 4.78 is 11.5. The molecule has 2 N–H and O–H groups in total. The molecule has 3 aromatic heterocycles. The highest BCUT2D eigenvalue weighted by Crippen LogP contribution is 2.50. The van der Waals surface area contributed by atoms with Gasteiger partial charge in [-0.25, -0.2) is 4.99 Å². The van der Waals surface area contributed by atoms with Crippen LogP contribution in [0.5, 0.6) is 0 Å². The number of aliphatic imine (C=N–C) groups is 1. The third kappa shape index (κ3) is 4.65. The van der Waals surface area contributed by atoms with E-state index in [4.69, 9.17) is 9.41 Å². The van der Waals surface area contributed by atoms with Crippen molar-refractivity contribution in [2.24, 2.45) is 16.8 Å². The van der Waals surface area contributed by atoms with Crippen LogP contribution in [0.25, 0.3) is 69.5 Å². The molecule has 0 amide bonds. The first-order valence-electron chi connectivity index (χ1n) is 18.9. The number of nitrogens with zero attached hydrogens (tertiary/aromatic N) is 2. The third-order valence-corrected chi connectivity index (χ3v) is 12.9. The number of hydrogen-bond acceptors (Lipinski definition) is 5. The lowest BCUT2D eigenvalue weighted by atomic mass is 9.72. The summed E-state index contributed by atoms with van der Waals surface area (Å²) in [5.74, 6) is 1.11. The molecule has 4 atom stereocenters. The molecule has 4 unspecified atom stereocenters. The molecule has 3 aliphatic rings. The number of para-hydroxylation sites is 3. The van der Waals surface area contributed by atoms with Gasteiger partial charge in [-0.15, -0.1) is 11.3 Å². The minimum atomic E-state index is -0.245. The van der Waals surface area contributed by atoms with Crippen LogP contribution in [0.4, 0.5) is 0 Å². The second-order valence-electron chi connectivity index (χ2n) is 14.7. The fourth-order valence-electron chi connectivity index (χ4n) is 9.25. The molecule has 0 fully saturated rings. The standard InChI is InChI=1S/C49H34N4OS/c1-2-14-29(15-3-1)47-50-48(52-49(51-47)53-40-22-10-6-18-33(40)34-19-7-11-23-41(34)53)36-27-26-32(30-16-4-5-17-31(30)36)39-28-38-35-20-8-12-24-42(35)54-45(38)44-37-21-9-13-25-43(37)55-46(39)44/h1-28,30-31,47-48,50H,(H,51,52). The summed E-state index contributed by atoms with van der Waals surface area (Å²) in [6.07, 6.45) is 13.5. The second kappa shape index (κ2) is 12.0. The maximum absolute atomic E-state index is 6.64. The number of allylic oxidation sites excluding steroid dienone is 7.